The highest BCUT2D eigenvalue weighted by Gasteiger charge is 2.22. The minimum Gasteiger partial charge on any atom is -0.469 e. The van der Waals surface area contributed by atoms with E-state index in [4.69, 9.17) is 5.73 Å². The molecule has 0 aliphatic carbocycles. The first-order chi connectivity index (χ1) is 4.52. The molecule has 0 rings (SSSR count). The van der Waals surface area contributed by atoms with Gasteiger partial charge in [0.15, 0.2) is 0 Å². The largest absolute Gasteiger partial charge is 0.469 e. The zero-order valence-electron chi connectivity index (χ0n) is 6.26. The summed E-state index contributed by atoms with van der Waals surface area (Å²) in [7, 11) is 1.27. The Kier molecular flexibility index (Phi) is 3.32. The SMILES string of the molecule is COC(=O)CC(C)(O)CN. The van der Waals surface area contributed by atoms with E-state index in [1.165, 1.54) is 14.0 Å². The van der Waals surface area contributed by atoms with E-state index < -0.39 is 11.6 Å². The van der Waals surface area contributed by atoms with Crippen LogP contribution < -0.4 is 5.73 Å². The monoisotopic (exact) mass is 147 g/mol. The number of rotatable bonds is 3. The minimum absolute atomic E-state index is 0.0556. The van der Waals surface area contributed by atoms with Crippen molar-refractivity contribution in [3.8, 4) is 0 Å². The van der Waals surface area contributed by atoms with Gasteiger partial charge >= 0.3 is 5.97 Å². The fourth-order valence-corrected chi connectivity index (χ4v) is 0.455. The van der Waals surface area contributed by atoms with E-state index in [0.29, 0.717) is 0 Å². The van der Waals surface area contributed by atoms with Gasteiger partial charge in [0, 0.05) is 6.54 Å². The number of nitrogens with two attached hydrogens (primary N) is 1. The van der Waals surface area contributed by atoms with Crippen molar-refractivity contribution in [1.29, 1.82) is 0 Å². The van der Waals surface area contributed by atoms with E-state index in [9.17, 15) is 9.90 Å². The van der Waals surface area contributed by atoms with Gasteiger partial charge in [-0.2, -0.15) is 0 Å². The number of hydrogen-bond acceptors (Lipinski definition) is 4. The van der Waals surface area contributed by atoms with Gasteiger partial charge in [-0.15, -0.1) is 0 Å². The Labute approximate surface area is 60.0 Å². The summed E-state index contributed by atoms with van der Waals surface area (Å²) in [6.45, 7) is 1.55. The molecule has 0 saturated carbocycles. The summed E-state index contributed by atoms with van der Waals surface area (Å²) in [4.78, 5) is 10.5. The third-order valence-electron chi connectivity index (χ3n) is 1.19. The molecule has 1 atom stereocenters. The van der Waals surface area contributed by atoms with Gasteiger partial charge in [-0.05, 0) is 6.92 Å². The van der Waals surface area contributed by atoms with Crippen molar-refractivity contribution in [1.82, 2.24) is 0 Å². The maximum atomic E-state index is 10.5. The molecule has 3 N–H and O–H groups in total. The minimum atomic E-state index is -1.13. The van der Waals surface area contributed by atoms with E-state index in [-0.39, 0.29) is 13.0 Å². The third-order valence-corrected chi connectivity index (χ3v) is 1.19. The van der Waals surface area contributed by atoms with E-state index >= 15 is 0 Å². The summed E-state index contributed by atoms with van der Waals surface area (Å²) in [5.74, 6) is -0.449. The molecule has 60 valence electrons. The summed E-state index contributed by atoms with van der Waals surface area (Å²) in [5.41, 5.74) is 4.02. The van der Waals surface area contributed by atoms with Crippen molar-refractivity contribution in [3.05, 3.63) is 0 Å². The maximum absolute atomic E-state index is 10.5. The van der Waals surface area contributed by atoms with Gasteiger partial charge in [0.05, 0.1) is 19.1 Å². The lowest BCUT2D eigenvalue weighted by Gasteiger charge is -2.18. The van der Waals surface area contributed by atoms with E-state index in [1.807, 2.05) is 0 Å². The predicted molar refractivity (Wildman–Crippen MR) is 36.3 cm³/mol. The number of carbonyl (C=O) groups excluding carboxylic acids is 1. The highest BCUT2D eigenvalue weighted by Crippen LogP contribution is 2.06. The third kappa shape index (κ3) is 3.42. The molecular weight excluding hydrogens is 134 g/mol. The van der Waals surface area contributed by atoms with Crippen LogP contribution in [-0.2, 0) is 9.53 Å². The Hall–Kier alpha value is -0.610. The molecule has 0 radical (unpaired) electrons. The summed E-state index contributed by atoms with van der Waals surface area (Å²) in [5, 5.41) is 9.20. The van der Waals surface area contributed by atoms with Crippen molar-refractivity contribution in [2.24, 2.45) is 5.73 Å². The second-order valence-corrected chi connectivity index (χ2v) is 2.45. The zero-order chi connectivity index (χ0) is 8.20. The van der Waals surface area contributed by atoms with Crippen LogP contribution in [0.5, 0.6) is 0 Å². The van der Waals surface area contributed by atoms with Gasteiger partial charge in [0.2, 0.25) is 0 Å². The topological polar surface area (TPSA) is 72.5 Å². The molecule has 0 saturated heterocycles. The normalized spacial score (nSPS) is 16.0. The molecule has 0 aliphatic rings. The van der Waals surface area contributed by atoms with Gasteiger partial charge in [-0.25, -0.2) is 0 Å². The van der Waals surface area contributed by atoms with Crippen LogP contribution in [0, 0.1) is 0 Å². The molecule has 0 aromatic rings. The molecule has 0 bridgehead atoms. The molecular formula is C6H13NO3. The molecule has 0 aromatic carbocycles. The van der Waals surface area contributed by atoms with Crippen LogP contribution in [0.2, 0.25) is 0 Å². The average Bonchev–Trinajstić information content (AvgIpc) is 1.87. The van der Waals surface area contributed by atoms with E-state index in [0.717, 1.165) is 0 Å². The van der Waals surface area contributed by atoms with E-state index in [1.54, 1.807) is 0 Å². The van der Waals surface area contributed by atoms with E-state index in [2.05, 4.69) is 4.74 Å². The molecule has 0 aliphatic heterocycles. The molecule has 0 aromatic heterocycles. The molecule has 4 heteroatoms. The first kappa shape index (κ1) is 9.39. The lowest BCUT2D eigenvalue weighted by atomic mass is 10.0. The Bertz CT molecular complexity index is 122. The highest BCUT2D eigenvalue weighted by atomic mass is 16.5. The molecule has 0 amide bonds. The van der Waals surface area contributed by atoms with Crippen molar-refractivity contribution >= 4 is 5.97 Å². The Morgan fingerprint density at radius 1 is 1.80 bits per heavy atom. The van der Waals surface area contributed by atoms with Gasteiger partial charge in [0.25, 0.3) is 0 Å². The van der Waals surface area contributed by atoms with Crippen molar-refractivity contribution in [2.75, 3.05) is 13.7 Å². The fraction of sp³-hybridized carbons (Fsp3) is 0.833. The number of aliphatic hydroxyl groups is 1. The maximum Gasteiger partial charge on any atom is 0.308 e. The summed E-state index contributed by atoms with van der Waals surface area (Å²) in [6.07, 6.45) is -0.0556. The Morgan fingerprint density at radius 2 is 2.30 bits per heavy atom. The lowest BCUT2D eigenvalue weighted by molar-refractivity contribution is -0.145. The number of ether oxygens (including phenoxy) is 1. The number of methoxy groups -OCH3 is 1. The Morgan fingerprint density at radius 3 is 2.60 bits per heavy atom. The fourth-order valence-electron chi connectivity index (χ4n) is 0.455. The van der Waals surface area contributed by atoms with Gasteiger partial charge in [-0.3, -0.25) is 4.79 Å². The first-order valence-corrected chi connectivity index (χ1v) is 3.01. The zero-order valence-corrected chi connectivity index (χ0v) is 6.26. The number of hydrogen-bond donors (Lipinski definition) is 2. The average molecular weight is 147 g/mol. The van der Waals surface area contributed by atoms with Crippen LogP contribution in [0.15, 0.2) is 0 Å². The quantitative estimate of drug-likeness (QED) is 0.516. The van der Waals surface area contributed by atoms with Crippen LogP contribution in [0.25, 0.3) is 0 Å². The second kappa shape index (κ2) is 3.53. The Balaban J connectivity index is 3.76. The van der Waals surface area contributed by atoms with Crippen LogP contribution in [0.3, 0.4) is 0 Å². The molecule has 1 unspecified atom stereocenters. The highest BCUT2D eigenvalue weighted by molar-refractivity contribution is 5.70. The number of carbonyl (C=O) groups is 1. The van der Waals surface area contributed by atoms with Crippen LogP contribution in [0.1, 0.15) is 13.3 Å². The van der Waals surface area contributed by atoms with Crippen LogP contribution in [-0.4, -0.2) is 30.3 Å². The predicted octanol–water partition coefficient (Wildman–Crippen LogP) is -0.741. The van der Waals surface area contributed by atoms with Crippen LogP contribution >= 0.6 is 0 Å². The lowest BCUT2D eigenvalue weighted by Crippen LogP contribution is -2.36. The molecule has 10 heavy (non-hydrogen) atoms. The van der Waals surface area contributed by atoms with Crippen molar-refractivity contribution < 1.29 is 14.6 Å². The van der Waals surface area contributed by atoms with Crippen LogP contribution in [0.4, 0.5) is 0 Å². The van der Waals surface area contributed by atoms with Crippen molar-refractivity contribution in [2.45, 2.75) is 18.9 Å². The van der Waals surface area contributed by atoms with Crippen molar-refractivity contribution in [3.63, 3.8) is 0 Å². The summed E-state index contributed by atoms with van der Waals surface area (Å²) >= 11 is 0. The van der Waals surface area contributed by atoms with Gasteiger partial charge < -0.3 is 15.6 Å². The molecule has 0 spiro atoms. The molecule has 4 nitrogen and oxygen atoms in total. The second-order valence-electron chi connectivity index (χ2n) is 2.45. The summed E-state index contributed by atoms with van der Waals surface area (Å²) in [6, 6.07) is 0. The van der Waals surface area contributed by atoms with Gasteiger partial charge in [-0.1, -0.05) is 0 Å². The van der Waals surface area contributed by atoms with Gasteiger partial charge in [0.1, 0.15) is 0 Å². The molecule has 0 heterocycles. The first-order valence-electron chi connectivity index (χ1n) is 3.01. The molecule has 0 fully saturated rings. The summed E-state index contributed by atoms with van der Waals surface area (Å²) < 4.78 is 4.33. The smallest absolute Gasteiger partial charge is 0.308 e. The standard InChI is InChI=1S/C6H13NO3/c1-6(9,4-7)3-5(8)10-2/h9H,3-4,7H2,1-2H3. The number of esters is 1.